The number of hydrogen-bond acceptors (Lipinski definition) is 4. The fraction of sp³-hybridized carbons (Fsp3) is 0.0476. The summed E-state index contributed by atoms with van der Waals surface area (Å²) in [5.74, 6) is 0.205. The number of rotatable bonds is 5. The molecule has 2 aromatic carbocycles. The van der Waals surface area contributed by atoms with Gasteiger partial charge in [-0.2, -0.15) is 0 Å². The van der Waals surface area contributed by atoms with Crippen LogP contribution in [0.15, 0.2) is 59.1 Å². The molecule has 2 heterocycles. The number of hydrogen-bond donors (Lipinski definition) is 1. The predicted molar refractivity (Wildman–Crippen MR) is 123 cm³/mol. The summed E-state index contributed by atoms with van der Waals surface area (Å²) < 4.78 is 5.66. The molecule has 4 nitrogen and oxygen atoms in total. The molecule has 0 saturated carbocycles. The second-order valence-corrected chi connectivity index (χ2v) is 9.09. The Bertz CT molecular complexity index is 1240. The van der Waals surface area contributed by atoms with Gasteiger partial charge in [-0.25, -0.2) is 4.98 Å². The Balaban J connectivity index is 1.46. The fourth-order valence-electron chi connectivity index (χ4n) is 2.77. The molecule has 0 aliphatic heterocycles. The first kappa shape index (κ1) is 21.2. The summed E-state index contributed by atoms with van der Waals surface area (Å²) in [6.45, 7) is 0. The van der Waals surface area contributed by atoms with E-state index in [1.165, 1.54) is 11.3 Å². The molecule has 0 unspecified atom stereocenters. The minimum Gasteiger partial charge on any atom is -0.451 e. The van der Waals surface area contributed by atoms with Crippen molar-refractivity contribution < 1.29 is 9.21 Å². The molecule has 0 saturated heterocycles. The molecule has 0 radical (unpaired) electrons. The normalized spacial score (nSPS) is 10.9. The highest BCUT2D eigenvalue weighted by Gasteiger charge is 2.16. The van der Waals surface area contributed by atoms with Crippen LogP contribution in [0.2, 0.25) is 20.1 Å². The Labute approximate surface area is 196 Å². The second-order valence-electron chi connectivity index (χ2n) is 6.29. The zero-order chi connectivity index (χ0) is 21.3. The Kier molecular flexibility index (Phi) is 6.37. The van der Waals surface area contributed by atoms with Crippen LogP contribution in [-0.4, -0.2) is 10.9 Å². The lowest BCUT2D eigenvalue weighted by Crippen LogP contribution is -2.10. The highest BCUT2D eigenvalue weighted by Crippen LogP contribution is 2.32. The summed E-state index contributed by atoms with van der Waals surface area (Å²) in [5, 5.41) is 5.39. The number of anilines is 1. The predicted octanol–water partition coefficient (Wildman–Crippen LogP) is 7.86. The minimum absolute atomic E-state index is 0.144. The largest absolute Gasteiger partial charge is 0.451 e. The third-order valence-electron chi connectivity index (χ3n) is 4.17. The summed E-state index contributed by atoms with van der Waals surface area (Å²) in [7, 11) is 0. The average Bonchev–Trinajstić information content (AvgIpc) is 3.35. The van der Waals surface area contributed by atoms with Crippen LogP contribution in [0.4, 0.5) is 5.13 Å². The van der Waals surface area contributed by atoms with Gasteiger partial charge >= 0.3 is 0 Å². The van der Waals surface area contributed by atoms with Gasteiger partial charge in [0.1, 0.15) is 5.76 Å². The lowest BCUT2D eigenvalue weighted by atomic mass is 10.1. The van der Waals surface area contributed by atoms with Crippen LogP contribution in [0.3, 0.4) is 0 Å². The molecule has 30 heavy (non-hydrogen) atoms. The molecule has 0 aliphatic rings. The van der Waals surface area contributed by atoms with Gasteiger partial charge in [0.05, 0.1) is 5.02 Å². The molecular formula is C21H12Cl4N2O2S. The Morgan fingerprint density at radius 3 is 2.53 bits per heavy atom. The van der Waals surface area contributed by atoms with Gasteiger partial charge in [0.25, 0.3) is 5.91 Å². The molecule has 0 atom stereocenters. The van der Waals surface area contributed by atoms with E-state index in [4.69, 9.17) is 50.8 Å². The number of furan rings is 1. The van der Waals surface area contributed by atoms with E-state index in [2.05, 4.69) is 10.3 Å². The Morgan fingerprint density at radius 2 is 1.73 bits per heavy atom. The number of thiazole rings is 1. The number of carbonyl (C=O) groups excluding carboxylic acids is 1. The van der Waals surface area contributed by atoms with E-state index in [9.17, 15) is 4.79 Å². The van der Waals surface area contributed by atoms with Crippen molar-refractivity contribution in [2.45, 2.75) is 6.42 Å². The zero-order valence-corrected chi connectivity index (χ0v) is 18.9. The van der Waals surface area contributed by atoms with Crippen molar-refractivity contribution in [3.63, 3.8) is 0 Å². The first-order valence-corrected chi connectivity index (χ1v) is 11.0. The number of amides is 1. The number of halogens is 4. The number of benzene rings is 2. The second kappa shape index (κ2) is 9.00. The molecule has 2 aromatic heterocycles. The van der Waals surface area contributed by atoms with Crippen LogP contribution in [0.5, 0.6) is 0 Å². The third-order valence-corrected chi connectivity index (χ3v) is 6.24. The molecule has 1 N–H and O–H groups in total. The quantitative estimate of drug-likeness (QED) is 0.305. The summed E-state index contributed by atoms with van der Waals surface area (Å²) in [6, 6.07) is 13.6. The number of nitrogens with one attached hydrogen (secondary N) is 1. The van der Waals surface area contributed by atoms with E-state index < -0.39 is 5.91 Å². The molecule has 0 fully saturated rings. The molecule has 0 spiro atoms. The first-order chi connectivity index (χ1) is 14.4. The van der Waals surface area contributed by atoms with Crippen LogP contribution in [-0.2, 0) is 6.42 Å². The number of aromatic nitrogens is 1. The summed E-state index contributed by atoms with van der Waals surface area (Å²) >= 11 is 25.7. The summed E-state index contributed by atoms with van der Waals surface area (Å²) in [5.41, 5.74) is 1.54. The van der Waals surface area contributed by atoms with E-state index in [0.717, 1.165) is 10.4 Å². The van der Waals surface area contributed by atoms with E-state index in [1.54, 1.807) is 48.7 Å². The maximum atomic E-state index is 12.5. The van der Waals surface area contributed by atoms with Crippen molar-refractivity contribution in [2.24, 2.45) is 0 Å². The molecule has 0 aliphatic carbocycles. The van der Waals surface area contributed by atoms with E-state index >= 15 is 0 Å². The first-order valence-electron chi connectivity index (χ1n) is 8.64. The van der Waals surface area contributed by atoms with Crippen molar-refractivity contribution in [2.75, 3.05) is 5.32 Å². The number of nitrogens with zero attached hydrogens (tertiary/aromatic N) is 1. The summed E-state index contributed by atoms with van der Waals surface area (Å²) in [6.07, 6.45) is 2.26. The van der Waals surface area contributed by atoms with Gasteiger partial charge in [-0.15, -0.1) is 11.3 Å². The van der Waals surface area contributed by atoms with Crippen LogP contribution in [0.25, 0.3) is 11.3 Å². The van der Waals surface area contributed by atoms with Crippen molar-refractivity contribution in [3.8, 4) is 11.3 Å². The van der Waals surface area contributed by atoms with E-state index in [0.29, 0.717) is 43.0 Å². The standard InChI is InChI=1S/C21H12Cl4N2O2S/c22-12-2-4-16(24)11(7-12)8-14-10-26-21(30-14)27-20(28)19-6-5-18(29-19)15-3-1-13(23)9-17(15)25/h1-7,9-10H,8H2,(H,26,27,28). The Hall–Kier alpha value is -2.02. The smallest absolute Gasteiger partial charge is 0.293 e. The van der Waals surface area contributed by atoms with Crippen LogP contribution in [0, 0.1) is 0 Å². The average molecular weight is 498 g/mol. The number of carbonyl (C=O) groups is 1. The SMILES string of the molecule is O=C(Nc1ncc(Cc2cc(Cl)ccc2Cl)s1)c1ccc(-c2ccc(Cl)cc2Cl)o1. The molecule has 152 valence electrons. The van der Waals surface area contributed by atoms with E-state index in [1.807, 2.05) is 6.07 Å². The van der Waals surface area contributed by atoms with Gasteiger partial charge in [-0.3, -0.25) is 10.1 Å². The topological polar surface area (TPSA) is 55.1 Å². The highest BCUT2D eigenvalue weighted by atomic mass is 35.5. The zero-order valence-electron chi connectivity index (χ0n) is 15.1. The molecule has 1 amide bonds. The maximum Gasteiger partial charge on any atom is 0.293 e. The molecule has 0 bridgehead atoms. The lowest BCUT2D eigenvalue weighted by molar-refractivity contribution is 0.0997. The highest BCUT2D eigenvalue weighted by molar-refractivity contribution is 7.15. The Morgan fingerprint density at radius 1 is 0.967 bits per heavy atom. The van der Waals surface area contributed by atoms with Gasteiger partial charge in [0.15, 0.2) is 10.9 Å². The maximum absolute atomic E-state index is 12.5. The van der Waals surface area contributed by atoms with Crippen molar-refractivity contribution in [3.05, 3.63) is 91.0 Å². The third kappa shape index (κ3) is 4.82. The molecular weight excluding hydrogens is 486 g/mol. The van der Waals surface area contributed by atoms with Gasteiger partial charge in [-0.1, -0.05) is 46.4 Å². The van der Waals surface area contributed by atoms with E-state index in [-0.39, 0.29) is 5.76 Å². The van der Waals surface area contributed by atoms with Crippen molar-refractivity contribution in [1.29, 1.82) is 0 Å². The summed E-state index contributed by atoms with van der Waals surface area (Å²) in [4.78, 5) is 17.7. The fourth-order valence-corrected chi connectivity index (χ4v) is 4.48. The van der Waals surface area contributed by atoms with Crippen molar-refractivity contribution in [1.82, 2.24) is 4.98 Å². The molecule has 4 rings (SSSR count). The van der Waals surface area contributed by atoms with Crippen LogP contribution >= 0.6 is 57.7 Å². The lowest BCUT2D eigenvalue weighted by Gasteiger charge is -2.03. The van der Waals surface area contributed by atoms with Crippen LogP contribution in [0.1, 0.15) is 21.0 Å². The monoisotopic (exact) mass is 496 g/mol. The van der Waals surface area contributed by atoms with Crippen LogP contribution < -0.4 is 5.32 Å². The van der Waals surface area contributed by atoms with Gasteiger partial charge < -0.3 is 4.42 Å². The van der Waals surface area contributed by atoms with Gasteiger partial charge in [0.2, 0.25) is 0 Å². The molecule has 9 heteroatoms. The minimum atomic E-state index is -0.409. The van der Waals surface area contributed by atoms with Crippen molar-refractivity contribution >= 4 is 68.8 Å². The molecule has 4 aromatic rings. The van der Waals surface area contributed by atoms with Gasteiger partial charge in [0, 0.05) is 38.1 Å². The van der Waals surface area contributed by atoms with Gasteiger partial charge in [-0.05, 0) is 54.1 Å².